The number of hydrogen-bond donors (Lipinski definition) is 1. The fourth-order valence-electron chi connectivity index (χ4n) is 2.82. The summed E-state index contributed by atoms with van der Waals surface area (Å²) in [6.45, 7) is 3.26. The van der Waals surface area contributed by atoms with Gasteiger partial charge in [0.05, 0.1) is 0 Å². The van der Waals surface area contributed by atoms with Crippen molar-refractivity contribution in [2.24, 2.45) is 5.92 Å². The topological polar surface area (TPSA) is 62.4 Å². The predicted molar refractivity (Wildman–Crippen MR) is 79.7 cm³/mol. The van der Waals surface area contributed by atoms with Crippen molar-refractivity contribution in [1.29, 1.82) is 0 Å². The van der Waals surface area contributed by atoms with Crippen LogP contribution in [0.5, 0.6) is 0 Å². The smallest absolute Gasteiger partial charge is 0.228 e. The molecule has 0 bridgehead atoms. The minimum atomic E-state index is 0.287. The van der Waals surface area contributed by atoms with Crippen LogP contribution in [0.1, 0.15) is 18.7 Å². The first-order valence-electron chi connectivity index (χ1n) is 7.56. The van der Waals surface area contributed by atoms with Crippen LogP contribution in [0.4, 0.5) is 0 Å². The van der Waals surface area contributed by atoms with E-state index in [0.717, 1.165) is 44.5 Å². The molecule has 0 spiro atoms. The molecule has 1 atom stereocenters. The van der Waals surface area contributed by atoms with Crippen LogP contribution in [-0.4, -0.2) is 46.4 Å². The van der Waals surface area contributed by atoms with Crippen molar-refractivity contribution in [1.82, 2.24) is 15.0 Å². The van der Waals surface area contributed by atoms with Crippen molar-refractivity contribution in [3.8, 4) is 11.4 Å². The van der Waals surface area contributed by atoms with E-state index in [0.29, 0.717) is 17.6 Å². The molecule has 2 aromatic rings. The lowest BCUT2D eigenvalue weighted by Crippen LogP contribution is -2.37. The zero-order valence-electron chi connectivity index (χ0n) is 12.1. The molecule has 1 aliphatic rings. The standard InChI is InChI=1S/C16H21N3O2/c20-12-13-5-4-9-19(11-13)10-8-15-17-16(18-21-15)14-6-2-1-3-7-14/h1-3,6-7,13,20H,4-5,8-12H2. The molecule has 112 valence electrons. The summed E-state index contributed by atoms with van der Waals surface area (Å²) in [5.74, 6) is 1.75. The highest BCUT2D eigenvalue weighted by Crippen LogP contribution is 2.17. The van der Waals surface area contributed by atoms with Gasteiger partial charge in [-0.25, -0.2) is 0 Å². The Labute approximate surface area is 124 Å². The zero-order valence-corrected chi connectivity index (χ0v) is 12.1. The first kappa shape index (κ1) is 14.2. The fraction of sp³-hybridized carbons (Fsp3) is 0.500. The number of likely N-dealkylation sites (tertiary alicyclic amines) is 1. The van der Waals surface area contributed by atoms with Gasteiger partial charge in [0.2, 0.25) is 11.7 Å². The van der Waals surface area contributed by atoms with Gasteiger partial charge in [-0.2, -0.15) is 4.98 Å². The van der Waals surface area contributed by atoms with Gasteiger partial charge in [-0.3, -0.25) is 0 Å². The van der Waals surface area contributed by atoms with Crippen LogP contribution in [0.2, 0.25) is 0 Å². The number of aliphatic hydroxyl groups is 1. The Morgan fingerprint density at radius 3 is 2.95 bits per heavy atom. The number of benzene rings is 1. The van der Waals surface area contributed by atoms with Crippen LogP contribution in [0.15, 0.2) is 34.9 Å². The van der Waals surface area contributed by atoms with Crippen molar-refractivity contribution in [2.75, 3.05) is 26.2 Å². The van der Waals surface area contributed by atoms with Crippen LogP contribution < -0.4 is 0 Å². The summed E-state index contributed by atoms with van der Waals surface area (Å²) in [6, 6.07) is 9.86. The van der Waals surface area contributed by atoms with Crippen molar-refractivity contribution >= 4 is 0 Å². The maximum Gasteiger partial charge on any atom is 0.228 e. The minimum absolute atomic E-state index is 0.287. The Kier molecular flexibility index (Phi) is 4.62. The van der Waals surface area contributed by atoms with Crippen LogP contribution in [0, 0.1) is 5.92 Å². The third-order valence-corrected chi connectivity index (χ3v) is 4.00. The molecule has 0 amide bonds. The predicted octanol–water partition coefficient (Wildman–Crippen LogP) is 1.98. The van der Waals surface area contributed by atoms with Crippen LogP contribution in [-0.2, 0) is 6.42 Å². The molecule has 0 radical (unpaired) electrons. The third-order valence-electron chi connectivity index (χ3n) is 4.00. The molecule has 1 aromatic heterocycles. The number of aliphatic hydroxyl groups excluding tert-OH is 1. The molecule has 0 aliphatic carbocycles. The van der Waals surface area contributed by atoms with Gasteiger partial charge in [0.25, 0.3) is 0 Å². The second kappa shape index (κ2) is 6.83. The van der Waals surface area contributed by atoms with Crippen LogP contribution in [0.25, 0.3) is 11.4 Å². The number of rotatable bonds is 5. The number of hydrogen-bond acceptors (Lipinski definition) is 5. The maximum atomic E-state index is 9.26. The van der Waals surface area contributed by atoms with E-state index in [1.165, 1.54) is 0 Å². The zero-order chi connectivity index (χ0) is 14.5. The highest BCUT2D eigenvalue weighted by Gasteiger charge is 2.19. The lowest BCUT2D eigenvalue weighted by Gasteiger charge is -2.31. The molecule has 1 saturated heterocycles. The van der Waals surface area contributed by atoms with E-state index >= 15 is 0 Å². The molecule has 1 aromatic carbocycles. The third kappa shape index (κ3) is 3.68. The van der Waals surface area contributed by atoms with Crippen molar-refractivity contribution in [2.45, 2.75) is 19.3 Å². The Bertz CT molecular complexity index is 556. The molecule has 1 aliphatic heterocycles. The molecule has 21 heavy (non-hydrogen) atoms. The SMILES string of the molecule is OCC1CCCN(CCc2nc(-c3ccccc3)no2)C1. The molecule has 1 unspecified atom stereocenters. The van der Waals surface area contributed by atoms with Crippen molar-refractivity contribution < 1.29 is 9.63 Å². The average molecular weight is 287 g/mol. The van der Waals surface area contributed by atoms with Gasteiger partial charge in [0.1, 0.15) is 0 Å². The first-order valence-corrected chi connectivity index (χ1v) is 7.56. The average Bonchev–Trinajstić information content (AvgIpc) is 3.03. The maximum absolute atomic E-state index is 9.26. The van der Waals surface area contributed by atoms with Crippen molar-refractivity contribution in [3.63, 3.8) is 0 Å². The van der Waals surface area contributed by atoms with Gasteiger partial charge in [-0.15, -0.1) is 0 Å². The van der Waals surface area contributed by atoms with Gasteiger partial charge in [0, 0.05) is 31.7 Å². The minimum Gasteiger partial charge on any atom is -0.396 e. The second-order valence-corrected chi connectivity index (χ2v) is 5.62. The van der Waals surface area contributed by atoms with Gasteiger partial charge in [-0.1, -0.05) is 35.5 Å². The Balaban J connectivity index is 1.55. The van der Waals surface area contributed by atoms with E-state index in [-0.39, 0.29) is 6.61 Å². The number of aromatic nitrogens is 2. The van der Waals surface area contributed by atoms with Gasteiger partial charge >= 0.3 is 0 Å². The Morgan fingerprint density at radius 1 is 1.29 bits per heavy atom. The lowest BCUT2D eigenvalue weighted by atomic mass is 9.99. The largest absolute Gasteiger partial charge is 0.396 e. The molecule has 5 nitrogen and oxygen atoms in total. The molecule has 1 fully saturated rings. The molecular weight excluding hydrogens is 266 g/mol. The van der Waals surface area contributed by atoms with E-state index in [9.17, 15) is 5.11 Å². The molecule has 5 heteroatoms. The van der Waals surface area contributed by atoms with E-state index in [1.54, 1.807) is 0 Å². The highest BCUT2D eigenvalue weighted by atomic mass is 16.5. The fourth-order valence-corrected chi connectivity index (χ4v) is 2.82. The first-order chi connectivity index (χ1) is 10.3. The molecule has 0 saturated carbocycles. The summed E-state index contributed by atoms with van der Waals surface area (Å²) < 4.78 is 5.33. The van der Waals surface area contributed by atoms with Gasteiger partial charge in [-0.05, 0) is 25.3 Å². The van der Waals surface area contributed by atoms with E-state index in [2.05, 4.69) is 15.0 Å². The summed E-state index contributed by atoms with van der Waals surface area (Å²) in [5, 5.41) is 13.3. The van der Waals surface area contributed by atoms with E-state index in [4.69, 9.17) is 4.52 Å². The summed E-state index contributed by atoms with van der Waals surface area (Å²) in [7, 11) is 0. The number of nitrogens with zero attached hydrogens (tertiary/aromatic N) is 3. The second-order valence-electron chi connectivity index (χ2n) is 5.62. The van der Waals surface area contributed by atoms with Gasteiger partial charge < -0.3 is 14.5 Å². The normalized spacial score (nSPS) is 19.8. The Hall–Kier alpha value is -1.72. The van der Waals surface area contributed by atoms with Crippen LogP contribution >= 0.6 is 0 Å². The summed E-state index contributed by atoms with van der Waals surface area (Å²) in [4.78, 5) is 6.82. The molecule has 1 N–H and O–H groups in total. The van der Waals surface area contributed by atoms with E-state index < -0.39 is 0 Å². The molecule has 2 heterocycles. The quantitative estimate of drug-likeness (QED) is 0.911. The van der Waals surface area contributed by atoms with E-state index in [1.807, 2.05) is 30.3 Å². The van der Waals surface area contributed by atoms with Crippen LogP contribution in [0.3, 0.4) is 0 Å². The molecule has 3 rings (SSSR count). The lowest BCUT2D eigenvalue weighted by molar-refractivity contribution is 0.119. The monoisotopic (exact) mass is 287 g/mol. The highest BCUT2D eigenvalue weighted by molar-refractivity contribution is 5.53. The summed E-state index contributed by atoms with van der Waals surface area (Å²) >= 11 is 0. The Morgan fingerprint density at radius 2 is 2.14 bits per heavy atom. The number of piperidine rings is 1. The van der Waals surface area contributed by atoms with Crippen molar-refractivity contribution in [3.05, 3.63) is 36.2 Å². The summed E-state index contributed by atoms with van der Waals surface area (Å²) in [5.41, 5.74) is 0.978. The van der Waals surface area contributed by atoms with Gasteiger partial charge in [0.15, 0.2) is 0 Å². The summed E-state index contributed by atoms with van der Waals surface area (Å²) in [6.07, 6.45) is 3.05. The molecular formula is C16H21N3O2.